The van der Waals surface area contributed by atoms with Crippen LogP contribution in [0, 0.1) is 5.92 Å². The van der Waals surface area contributed by atoms with E-state index in [2.05, 4.69) is 34.4 Å². The van der Waals surface area contributed by atoms with Crippen LogP contribution in [0.25, 0.3) is 0 Å². The highest BCUT2D eigenvalue weighted by molar-refractivity contribution is 5.83. The fourth-order valence-electron chi connectivity index (χ4n) is 1.09. The summed E-state index contributed by atoms with van der Waals surface area (Å²) >= 11 is 0. The molecule has 0 spiro atoms. The van der Waals surface area contributed by atoms with Crippen molar-refractivity contribution in [3.63, 3.8) is 0 Å². The van der Waals surface area contributed by atoms with E-state index in [1.807, 2.05) is 0 Å². The molecular formula is C11H18N4O. The van der Waals surface area contributed by atoms with Crippen molar-refractivity contribution in [3.8, 4) is 0 Å². The average Bonchev–Trinajstić information content (AvgIpc) is 2.27. The second-order valence-corrected chi connectivity index (χ2v) is 4.08. The minimum Gasteiger partial charge on any atom is -0.354 e. The first kappa shape index (κ1) is 12.4. The maximum atomic E-state index is 11.6. The summed E-state index contributed by atoms with van der Waals surface area (Å²) in [5.74, 6) is 0.875. The topological polar surface area (TPSA) is 66.9 Å². The first-order valence-electron chi connectivity index (χ1n) is 5.41. The lowest BCUT2D eigenvalue weighted by Gasteiger charge is -2.14. The quantitative estimate of drug-likeness (QED) is 0.781. The predicted molar refractivity (Wildman–Crippen MR) is 63.0 cm³/mol. The van der Waals surface area contributed by atoms with Gasteiger partial charge in [-0.3, -0.25) is 4.79 Å². The van der Waals surface area contributed by atoms with Crippen molar-refractivity contribution in [3.05, 3.63) is 18.5 Å². The van der Waals surface area contributed by atoms with Gasteiger partial charge in [-0.25, -0.2) is 9.97 Å². The van der Waals surface area contributed by atoms with Crippen molar-refractivity contribution in [2.24, 2.45) is 5.92 Å². The highest BCUT2D eigenvalue weighted by Gasteiger charge is 2.13. The third kappa shape index (κ3) is 4.25. The molecular weight excluding hydrogens is 204 g/mol. The standard InChI is InChI=1S/C11H18N4O/c1-8(2)7-14-10(16)9(3)15-11-12-5-4-6-13-11/h4-6,8-9H,7H2,1-3H3,(H,14,16)(H,12,13,15). The molecule has 0 bridgehead atoms. The van der Waals surface area contributed by atoms with E-state index in [0.29, 0.717) is 18.4 Å². The summed E-state index contributed by atoms with van der Waals surface area (Å²) in [5, 5.41) is 5.78. The molecule has 1 unspecified atom stereocenters. The molecule has 0 aliphatic carbocycles. The van der Waals surface area contributed by atoms with Crippen LogP contribution in [-0.2, 0) is 4.79 Å². The summed E-state index contributed by atoms with van der Waals surface area (Å²) in [6.07, 6.45) is 3.27. The van der Waals surface area contributed by atoms with E-state index in [-0.39, 0.29) is 11.9 Å². The summed E-state index contributed by atoms with van der Waals surface area (Å²) in [6.45, 7) is 6.57. The van der Waals surface area contributed by atoms with E-state index in [1.54, 1.807) is 25.4 Å². The highest BCUT2D eigenvalue weighted by atomic mass is 16.2. The summed E-state index contributed by atoms with van der Waals surface area (Å²) in [4.78, 5) is 19.6. The Hall–Kier alpha value is -1.65. The predicted octanol–water partition coefficient (Wildman–Crippen LogP) is 1.05. The molecule has 1 aromatic heterocycles. The molecule has 0 saturated carbocycles. The van der Waals surface area contributed by atoms with E-state index in [0.717, 1.165) is 0 Å². The van der Waals surface area contributed by atoms with E-state index < -0.39 is 0 Å². The third-order valence-electron chi connectivity index (χ3n) is 1.99. The monoisotopic (exact) mass is 222 g/mol. The fraction of sp³-hybridized carbons (Fsp3) is 0.545. The molecule has 1 heterocycles. The number of anilines is 1. The van der Waals surface area contributed by atoms with Crippen LogP contribution in [0.5, 0.6) is 0 Å². The maximum Gasteiger partial charge on any atom is 0.242 e. The number of carbonyl (C=O) groups excluding carboxylic acids is 1. The molecule has 5 nitrogen and oxygen atoms in total. The molecule has 0 aliphatic rings. The number of nitrogens with one attached hydrogen (secondary N) is 2. The second kappa shape index (κ2) is 6.05. The van der Waals surface area contributed by atoms with Gasteiger partial charge < -0.3 is 10.6 Å². The molecule has 16 heavy (non-hydrogen) atoms. The zero-order valence-corrected chi connectivity index (χ0v) is 9.90. The summed E-state index contributed by atoms with van der Waals surface area (Å²) in [7, 11) is 0. The van der Waals surface area contributed by atoms with Crippen LogP contribution in [0.4, 0.5) is 5.95 Å². The van der Waals surface area contributed by atoms with Gasteiger partial charge in [0.1, 0.15) is 6.04 Å². The Morgan fingerprint density at radius 3 is 2.50 bits per heavy atom. The molecule has 0 fully saturated rings. The summed E-state index contributed by atoms with van der Waals surface area (Å²) in [6, 6.07) is 1.40. The molecule has 2 N–H and O–H groups in total. The minimum atomic E-state index is -0.332. The number of carbonyl (C=O) groups is 1. The molecule has 5 heteroatoms. The van der Waals surface area contributed by atoms with Gasteiger partial charge in [-0.15, -0.1) is 0 Å². The lowest BCUT2D eigenvalue weighted by molar-refractivity contribution is -0.121. The Balaban J connectivity index is 2.40. The lowest BCUT2D eigenvalue weighted by atomic mass is 10.2. The van der Waals surface area contributed by atoms with Crippen LogP contribution >= 0.6 is 0 Å². The Labute approximate surface area is 95.7 Å². The van der Waals surface area contributed by atoms with Gasteiger partial charge in [-0.2, -0.15) is 0 Å². The number of nitrogens with zero attached hydrogens (tertiary/aromatic N) is 2. The van der Waals surface area contributed by atoms with Gasteiger partial charge in [0.05, 0.1) is 0 Å². The van der Waals surface area contributed by atoms with E-state index in [1.165, 1.54) is 0 Å². The zero-order valence-electron chi connectivity index (χ0n) is 9.90. The smallest absolute Gasteiger partial charge is 0.242 e. The molecule has 0 saturated heterocycles. The molecule has 1 aromatic rings. The van der Waals surface area contributed by atoms with Gasteiger partial charge in [-0.1, -0.05) is 13.8 Å². The molecule has 1 rings (SSSR count). The van der Waals surface area contributed by atoms with Crippen molar-refractivity contribution < 1.29 is 4.79 Å². The first-order chi connectivity index (χ1) is 7.59. The van der Waals surface area contributed by atoms with E-state index >= 15 is 0 Å². The first-order valence-corrected chi connectivity index (χ1v) is 5.41. The van der Waals surface area contributed by atoms with Crippen molar-refractivity contribution >= 4 is 11.9 Å². The minimum absolute atomic E-state index is 0.0406. The van der Waals surface area contributed by atoms with Crippen LogP contribution in [0.1, 0.15) is 20.8 Å². The van der Waals surface area contributed by atoms with Gasteiger partial charge in [-0.05, 0) is 18.9 Å². The Kier molecular flexibility index (Phi) is 4.69. The van der Waals surface area contributed by atoms with Gasteiger partial charge in [0, 0.05) is 18.9 Å². The van der Waals surface area contributed by atoms with E-state index in [4.69, 9.17) is 0 Å². The van der Waals surface area contributed by atoms with Crippen molar-refractivity contribution in [1.82, 2.24) is 15.3 Å². The van der Waals surface area contributed by atoms with Gasteiger partial charge in [0.25, 0.3) is 0 Å². The van der Waals surface area contributed by atoms with Crippen LogP contribution in [0.3, 0.4) is 0 Å². The van der Waals surface area contributed by atoms with Crippen molar-refractivity contribution in [2.45, 2.75) is 26.8 Å². The van der Waals surface area contributed by atoms with Crippen LogP contribution in [0.2, 0.25) is 0 Å². The zero-order chi connectivity index (χ0) is 12.0. The number of rotatable bonds is 5. The van der Waals surface area contributed by atoms with Crippen molar-refractivity contribution in [1.29, 1.82) is 0 Å². The second-order valence-electron chi connectivity index (χ2n) is 4.08. The Morgan fingerprint density at radius 2 is 1.94 bits per heavy atom. The van der Waals surface area contributed by atoms with Crippen LogP contribution < -0.4 is 10.6 Å². The Bertz CT molecular complexity index is 326. The molecule has 0 aliphatic heterocycles. The van der Waals surface area contributed by atoms with Gasteiger partial charge in [0.2, 0.25) is 11.9 Å². The fourth-order valence-corrected chi connectivity index (χ4v) is 1.09. The molecule has 1 atom stereocenters. The molecule has 1 amide bonds. The van der Waals surface area contributed by atoms with Crippen LogP contribution in [0.15, 0.2) is 18.5 Å². The Morgan fingerprint density at radius 1 is 1.31 bits per heavy atom. The summed E-state index contributed by atoms with van der Waals surface area (Å²) in [5.41, 5.74) is 0. The maximum absolute atomic E-state index is 11.6. The average molecular weight is 222 g/mol. The number of aromatic nitrogens is 2. The normalized spacial score (nSPS) is 12.2. The van der Waals surface area contributed by atoms with Gasteiger partial charge >= 0.3 is 0 Å². The van der Waals surface area contributed by atoms with Crippen LogP contribution in [-0.4, -0.2) is 28.5 Å². The molecule has 0 radical (unpaired) electrons. The number of hydrogen-bond donors (Lipinski definition) is 2. The van der Waals surface area contributed by atoms with Gasteiger partial charge in [0.15, 0.2) is 0 Å². The largest absolute Gasteiger partial charge is 0.354 e. The number of hydrogen-bond acceptors (Lipinski definition) is 4. The lowest BCUT2D eigenvalue weighted by Crippen LogP contribution is -2.39. The third-order valence-corrected chi connectivity index (χ3v) is 1.99. The molecule has 88 valence electrons. The van der Waals surface area contributed by atoms with Crippen molar-refractivity contribution in [2.75, 3.05) is 11.9 Å². The summed E-state index contributed by atoms with van der Waals surface area (Å²) < 4.78 is 0. The number of amides is 1. The SMILES string of the molecule is CC(C)CNC(=O)C(C)Nc1ncccn1. The highest BCUT2D eigenvalue weighted by Crippen LogP contribution is 1.98. The van der Waals surface area contributed by atoms with E-state index in [9.17, 15) is 4.79 Å². The molecule has 0 aromatic carbocycles.